The van der Waals surface area contributed by atoms with E-state index in [0.717, 1.165) is 42.7 Å². The van der Waals surface area contributed by atoms with Crippen molar-refractivity contribution in [1.29, 1.82) is 0 Å². The number of ether oxygens (including phenoxy) is 1. The number of amides is 1. The molecule has 1 N–H and O–H groups in total. The molecule has 180 valence electrons. The fourth-order valence-corrected chi connectivity index (χ4v) is 6.51. The van der Waals surface area contributed by atoms with E-state index in [2.05, 4.69) is 9.88 Å². The second-order valence-corrected chi connectivity index (χ2v) is 10.7. The number of hydrogen-bond donors (Lipinski definition) is 1. The van der Waals surface area contributed by atoms with Crippen LogP contribution in [0.15, 0.2) is 41.3 Å². The van der Waals surface area contributed by atoms with E-state index >= 15 is 0 Å². The Labute approximate surface area is 200 Å². The number of sulfonamides is 1. The zero-order valence-corrected chi connectivity index (χ0v) is 20.2. The second-order valence-electron chi connectivity index (χ2n) is 8.84. The highest BCUT2D eigenvalue weighted by atomic mass is 32.2. The lowest BCUT2D eigenvalue weighted by Gasteiger charge is -2.27. The van der Waals surface area contributed by atoms with Gasteiger partial charge in [0, 0.05) is 37.3 Å². The Morgan fingerprint density at radius 1 is 1.06 bits per heavy atom. The van der Waals surface area contributed by atoms with E-state index in [1.165, 1.54) is 16.8 Å². The fourth-order valence-electron chi connectivity index (χ4n) is 4.78. The van der Waals surface area contributed by atoms with Crippen LogP contribution in [0.4, 0.5) is 5.69 Å². The van der Waals surface area contributed by atoms with E-state index in [9.17, 15) is 13.2 Å². The number of nitrogens with one attached hydrogen (secondary N) is 1. The second kappa shape index (κ2) is 9.48. The van der Waals surface area contributed by atoms with Gasteiger partial charge in [-0.05, 0) is 55.2 Å². The molecule has 5 rings (SSSR count). The molecular weight excluding hydrogens is 452 g/mol. The molecule has 3 aromatic rings. The zero-order chi connectivity index (χ0) is 23.7. The van der Waals surface area contributed by atoms with Crippen LogP contribution in [-0.2, 0) is 34.1 Å². The van der Waals surface area contributed by atoms with Crippen LogP contribution < -0.4 is 5.32 Å². The Hall–Kier alpha value is -2.75. The van der Waals surface area contributed by atoms with Crippen molar-refractivity contribution in [2.24, 2.45) is 0 Å². The number of hydrogen-bond acceptors (Lipinski definition) is 5. The molecule has 1 fully saturated rings. The monoisotopic (exact) mass is 482 g/mol. The van der Waals surface area contributed by atoms with Gasteiger partial charge < -0.3 is 14.6 Å². The van der Waals surface area contributed by atoms with Gasteiger partial charge in [-0.1, -0.05) is 19.4 Å². The number of benzene rings is 2. The highest BCUT2D eigenvalue weighted by Gasteiger charge is 2.29. The molecule has 2 aliphatic heterocycles. The number of aromatic nitrogens is 2. The summed E-state index contributed by atoms with van der Waals surface area (Å²) >= 11 is 0. The van der Waals surface area contributed by atoms with E-state index in [4.69, 9.17) is 9.72 Å². The van der Waals surface area contributed by atoms with Crippen molar-refractivity contribution in [2.75, 3.05) is 31.6 Å². The normalized spacial score (nSPS) is 17.3. The summed E-state index contributed by atoms with van der Waals surface area (Å²) in [6.07, 6.45) is 5.05. The van der Waals surface area contributed by atoms with Gasteiger partial charge in [-0.25, -0.2) is 13.4 Å². The van der Waals surface area contributed by atoms with E-state index in [0.29, 0.717) is 49.5 Å². The van der Waals surface area contributed by atoms with Crippen molar-refractivity contribution >= 4 is 32.7 Å². The average molecular weight is 483 g/mol. The highest BCUT2D eigenvalue weighted by molar-refractivity contribution is 7.89. The van der Waals surface area contributed by atoms with Gasteiger partial charge >= 0.3 is 0 Å². The number of rotatable bonds is 5. The predicted octanol–water partition coefficient (Wildman–Crippen LogP) is 3.60. The van der Waals surface area contributed by atoms with Gasteiger partial charge in [0.15, 0.2) is 0 Å². The molecule has 0 aliphatic carbocycles. The van der Waals surface area contributed by atoms with Crippen molar-refractivity contribution in [3.05, 3.63) is 53.3 Å². The molecule has 0 saturated carbocycles. The third-order valence-corrected chi connectivity index (χ3v) is 8.65. The van der Waals surface area contributed by atoms with Gasteiger partial charge in [0.2, 0.25) is 10.0 Å². The SMILES string of the molecule is CCc1ccc(C(=O)Nc2ccc3c(c2)nc2n3CCCCC2)cc1S(=O)(=O)N1CCOCC1. The van der Waals surface area contributed by atoms with Gasteiger partial charge in [0.25, 0.3) is 5.91 Å². The van der Waals surface area contributed by atoms with Gasteiger partial charge in [0.05, 0.1) is 29.1 Å². The summed E-state index contributed by atoms with van der Waals surface area (Å²) in [7, 11) is -3.71. The van der Waals surface area contributed by atoms with Crippen LogP contribution in [-0.4, -0.2) is 54.5 Å². The average Bonchev–Trinajstić information content (AvgIpc) is 3.03. The van der Waals surface area contributed by atoms with Crippen molar-refractivity contribution in [3.8, 4) is 0 Å². The third kappa shape index (κ3) is 4.35. The lowest BCUT2D eigenvalue weighted by molar-refractivity contribution is 0.0730. The number of carbonyl (C=O) groups excluding carboxylic acids is 1. The molecule has 2 aliphatic rings. The Kier molecular flexibility index (Phi) is 6.42. The van der Waals surface area contributed by atoms with E-state index in [1.54, 1.807) is 12.1 Å². The molecule has 0 atom stereocenters. The summed E-state index contributed by atoms with van der Waals surface area (Å²) in [6, 6.07) is 10.7. The first-order valence-electron chi connectivity index (χ1n) is 12.0. The molecular formula is C25H30N4O4S. The van der Waals surface area contributed by atoms with Gasteiger partial charge in [0.1, 0.15) is 5.82 Å². The Balaban J connectivity index is 1.41. The Bertz CT molecular complexity index is 1330. The number of nitrogens with zero attached hydrogens (tertiary/aromatic N) is 3. The molecule has 0 radical (unpaired) electrons. The first kappa shape index (κ1) is 23.0. The van der Waals surface area contributed by atoms with Gasteiger partial charge in [-0.15, -0.1) is 0 Å². The minimum Gasteiger partial charge on any atom is -0.379 e. The largest absolute Gasteiger partial charge is 0.379 e. The van der Waals surface area contributed by atoms with E-state index < -0.39 is 10.0 Å². The summed E-state index contributed by atoms with van der Waals surface area (Å²) in [5.74, 6) is 0.755. The number of carbonyl (C=O) groups is 1. The summed E-state index contributed by atoms with van der Waals surface area (Å²) in [4.78, 5) is 18.1. The minimum atomic E-state index is -3.71. The Morgan fingerprint density at radius 3 is 2.68 bits per heavy atom. The molecule has 0 unspecified atom stereocenters. The summed E-state index contributed by atoms with van der Waals surface area (Å²) in [5.41, 5.74) is 3.60. The van der Waals surface area contributed by atoms with Crippen LogP contribution in [0.2, 0.25) is 0 Å². The van der Waals surface area contributed by atoms with Crippen molar-refractivity contribution in [2.45, 2.75) is 50.5 Å². The van der Waals surface area contributed by atoms with Crippen LogP contribution in [0.25, 0.3) is 11.0 Å². The van der Waals surface area contributed by atoms with Crippen LogP contribution in [0.5, 0.6) is 0 Å². The number of anilines is 1. The van der Waals surface area contributed by atoms with Crippen molar-refractivity contribution in [1.82, 2.24) is 13.9 Å². The number of imidazole rings is 1. The smallest absolute Gasteiger partial charge is 0.255 e. The molecule has 1 saturated heterocycles. The topological polar surface area (TPSA) is 93.5 Å². The van der Waals surface area contributed by atoms with Crippen molar-refractivity contribution < 1.29 is 17.9 Å². The zero-order valence-electron chi connectivity index (χ0n) is 19.4. The maximum atomic E-state index is 13.3. The third-order valence-electron chi connectivity index (χ3n) is 6.67. The summed E-state index contributed by atoms with van der Waals surface area (Å²) in [6.45, 7) is 4.27. The number of morpholine rings is 1. The van der Waals surface area contributed by atoms with Crippen LogP contribution in [0.3, 0.4) is 0 Å². The summed E-state index contributed by atoms with van der Waals surface area (Å²) < 4.78 is 35.6. The standard InChI is InChI=1S/C25H30N4O4S/c1-2-18-7-8-19(16-23(18)34(31,32)28-12-14-33-15-13-28)25(30)26-20-9-10-22-21(17-20)27-24-6-4-3-5-11-29(22)24/h7-10,16-17H,2-6,11-15H2,1H3,(H,26,30). The molecule has 1 amide bonds. The maximum absolute atomic E-state index is 13.3. The first-order valence-corrected chi connectivity index (χ1v) is 13.4. The maximum Gasteiger partial charge on any atom is 0.255 e. The lowest BCUT2D eigenvalue weighted by atomic mass is 10.1. The Morgan fingerprint density at radius 2 is 1.88 bits per heavy atom. The van der Waals surface area contributed by atoms with Gasteiger partial charge in [-0.3, -0.25) is 4.79 Å². The van der Waals surface area contributed by atoms with Crippen molar-refractivity contribution in [3.63, 3.8) is 0 Å². The number of aryl methyl sites for hydroxylation is 3. The molecule has 0 spiro atoms. The molecule has 9 heteroatoms. The minimum absolute atomic E-state index is 0.192. The molecule has 8 nitrogen and oxygen atoms in total. The summed E-state index contributed by atoms with van der Waals surface area (Å²) in [5, 5.41) is 2.92. The highest BCUT2D eigenvalue weighted by Crippen LogP contribution is 2.26. The molecule has 34 heavy (non-hydrogen) atoms. The quantitative estimate of drug-likeness (QED) is 0.600. The van der Waals surface area contributed by atoms with E-state index in [1.807, 2.05) is 25.1 Å². The fraction of sp³-hybridized carbons (Fsp3) is 0.440. The number of fused-ring (bicyclic) bond motifs is 3. The van der Waals surface area contributed by atoms with E-state index in [-0.39, 0.29) is 10.8 Å². The first-order chi connectivity index (χ1) is 16.5. The van der Waals surface area contributed by atoms with Gasteiger partial charge in [-0.2, -0.15) is 4.31 Å². The van der Waals surface area contributed by atoms with Crippen LogP contribution in [0, 0.1) is 0 Å². The molecule has 0 bridgehead atoms. The molecule has 2 aromatic carbocycles. The molecule has 3 heterocycles. The molecule has 1 aromatic heterocycles. The lowest BCUT2D eigenvalue weighted by Crippen LogP contribution is -2.41. The van der Waals surface area contributed by atoms with Crippen LogP contribution in [0.1, 0.15) is 47.9 Å². The van der Waals surface area contributed by atoms with Crippen LogP contribution >= 0.6 is 0 Å². The predicted molar refractivity (Wildman–Crippen MR) is 131 cm³/mol.